The molecule has 0 aliphatic carbocycles. The Bertz CT molecular complexity index is 502. The van der Waals surface area contributed by atoms with Gasteiger partial charge in [-0.05, 0) is 12.1 Å². The molecule has 0 saturated carbocycles. The van der Waals surface area contributed by atoms with Crippen LogP contribution >= 0.6 is 46.6 Å². The van der Waals surface area contributed by atoms with Crippen LogP contribution in [0, 0.1) is 0 Å². The zero-order valence-corrected chi connectivity index (χ0v) is 13.5. The molecule has 0 spiro atoms. The van der Waals surface area contributed by atoms with Crippen molar-refractivity contribution in [1.29, 1.82) is 0 Å². The molecule has 0 bridgehead atoms. The first-order valence-corrected chi connectivity index (χ1v) is 7.75. The van der Waals surface area contributed by atoms with E-state index in [4.69, 9.17) is 39.9 Å². The first kappa shape index (κ1) is 17.4. The molecule has 2 N–H and O–H groups in total. The van der Waals surface area contributed by atoms with Gasteiger partial charge in [0.25, 0.3) is 0 Å². The van der Waals surface area contributed by atoms with Crippen LogP contribution in [0.25, 0.3) is 0 Å². The van der Waals surface area contributed by atoms with E-state index in [1.807, 2.05) is 0 Å². The topological polar surface area (TPSA) is 66.4 Å². The summed E-state index contributed by atoms with van der Waals surface area (Å²) < 4.78 is 0. The minimum atomic E-state index is -0.894. The maximum absolute atomic E-state index is 11.8. The van der Waals surface area contributed by atoms with E-state index in [1.54, 1.807) is 6.92 Å². The summed E-state index contributed by atoms with van der Waals surface area (Å²) >= 11 is 18.9. The molecule has 8 heteroatoms. The number of carboxylic acids is 1. The minimum Gasteiger partial charge on any atom is -0.481 e. The predicted octanol–water partition coefficient (Wildman–Crippen LogP) is 4.18. The van der Waals surface area contributed by atoms with Crippen molar-refractivity contribution in [1.82, 2.24) is 0 Å². The van der Waals surface area contributed by atoms with E-state index < -0.39 is 5.97 Å². The van der Waals surface area contributed by atoms with Crippen LogP contribution in [0.3, 0.4) is 0 Å². The number of carbonyl (C=O) groups is 2. The molecule has 0 heterocycles. The number of hydrogen-bond acceptors (Lipinski definition) is 3. The lowest BCUT2D eigenvalue weighted by molar-refractivity contribution is -0.136. The Morgan fingerprint density at radius 2 is 1.85 bits per heavy atom. The molecule has 0 radical (unpaired) electrons. The van der Waals surface area contributed by atoms with Crippen molar-refractivity contribution in [2.45, 2.75) is 18.6 Å². The van der Waals surface area contributed by atoms with Gasteiger partial charge in [0.2, 0.25) is 5.91 Å². The summed E-state index contributed by atoms with van der Waals surface area (Å²) in [7, 11) is 0. The van der Waals surface area contributed by atoms with E-state index in [2.05, 4.69) is 5.32 Å². The van der Waals surface area contributed by atoms with E-state index in [-0.39, 0.29) is 33.4 Å². The largest absolute Gasteiger partial charge is 0.481 e. The lowest BCUT2D eigenvalue weighted by Crippen LogP contribution is -2.17. The third-order valence-electron chi connectivity index (χ3n) is 2.23. The quantitative estimate of drug-likeness (QED) is 0.802. The van der Waals surface area contributed by atoms with Crippen LogP contribution in [0.4, 0.5) is 5.69 Å². The van der Waals surface area contributed by atoms with Crippen LogP contribution in [0.2, 0.25) is 15.1 Å². The molecule has 1 atom stereocenters. The van der Waals surface area contributed by atoms with E-state index in [0.29, 0.717) is 10.7 Å². The van der Waals surface area contributed by atoms with Gasteiger partial charge in [-0.2, -0.15) is 0 Å². The second kappa shape index (κ2) is 7.98. The van der Waals surface area contributed by atoms with Gasteiger partial charge in [-0.25, -0.2) is 0 Å². The van der Waals surface area contributed by atoms with Crippen LogP contribution in [-0.4, -0.2) is 28.0 Å². The van der Waals surface area contributed by atoms with E-state index in [9.17, 15) is 9.59 Å². The maximum atomic E-state index is 11.8. The highest BCUT2D eigenvalue weighted by Gasteiger charge is 2.14. The number of carboxylic acid groups (broad SMARTS) is 1. The Kier molecular flexibility index (Phi) is 6.95. The summed E-state index contributed by atoms with van der Waals surface area (Å²) in [5.74, 6) is -1.09. The van der Waals surface area contributed by atoms with Gasteiger partial charge in [0.1, 0.15) is 0 Å². The summed E-state index contributed by atoms with van der Waals surface area (Å²) in [6, 6.07) is 2.95. The number of rotatable bonds is 6. The number of aliphatic carboxylic acids is 1. The molecular formula is C12H12Cl3NO3S. The molecule has 1 rings (SSSR count). The van der Waals surface area contributed by atoms with E-state index >= 15 is 0 Å². The van der Waals surface area contributed by atoms with Crippen LogP contribution in [-0.2, 0) is 9.59 Å². The van der Waals surface area contributed by atoms with Gasteiger partial charge in [-0.15, -0.1) is 11.8 Å². The molecule has 1 unspecified atom stereocenters. The molecule has 4 nitrogen and oxygen atoms in total. The molecule has 1 amide bonds. The van der Waals surface area contributed by atoms with Crippen LogP contribution < -0.4 is 5.32 Å². The third-order valence-corrected chi connectivity index (χ3v) is 4.21. The number of hydrogen-bond donors (Lipinski definition) is 2. The van der Waals surface area contributed by atoms with E-state index in [1.165, 1.54) is 23.9 Å². The standard InChI is InChI=1S/C12H12Cl3NO3S/c1-6(2-11(18)19)20-5-10(17)16-12-8(14)3-7(13)4-9(12)15/h3-4,6H,2,5H2,1H3,(H,16,17)(H,18,19). The normalized spacial score (nSPS) is 12.0. The van der Waals surface area contributed by atoms with Crippen molar-refractivity contribution in [2.75, 3.05) is 11.1 Å². The fourth-order valence-corrected chi connectivity index (χ4v) is 3.04. The van der Waals surface area contributed by atoms with Gasteiger partial charge in [0.15, 0.2) is 0 Å². The van der Waals surface area contributed by atoms with Crippen LogP contribution in [0.15, 0.2) is 12.1 Å². The predicted molar refractivity (Wildman–Crippen MR) is 84.3 cm³/mol. The SMILES string of the molecule is CC(CC(=O)O)SCC(=O)Nc1c(Cl)cc(Cl)cc1Cl. The van der Waals surface area contributed by atoms with Crippen molar-refractivity contribution in [3.8, 4) is 0 Å². The highest BCUT2D eigenvalue weighted by atomic mass is 35.5. The molecule has 1 aromatic rings. The highest BCUT2D eigenvalue weighted by Crippen LogP contribution is 2.33. The molecule has 0 aromatic heterocycles. The van der Waals surface area contributed by atoms with Gasteiger partial charge in [0, 0.05) is 10.3 Å². The van der Waals surface area contributed by atoms with Crippen molar-refractivity contribution in [3.63, 3.8) is 0 Å². The summed E-state index contributed by atoms with van der Waals surface area (Å²) in [4.78, 5) is 22.3. The summed E-state index contributed by atoms with van der Waals surface area (Å²) in [6.45, 7) is 1.74. The number of halogens is 3. The van der Waals surface area contributed by atoms with Gasteiger partial charge in [-0.3, -0.25) is 9.59 Å². The fraction of sp³-hybridized carbons (Fsp3) is 0.333. The van der Waals surface area contributed by atoms with E-state index in [0.717, 1.165) is 0 Å². The van der Waals surface area contributed by atoms with Crippen LogP contribution in [0.1, 0.15) is 13.3 Å². The van der Waals surface area contributed by atoms with Crippen molar-refractivity contribution in [3.05, 3.63) is 27.2 Å². The van der Waals surface area contributed by atoms with Crippen LogP contribution in [0.5, 0.6) is 0 Å². The first-order valence-electron chi connectivity index (χ1n) is 5.57. The Morgan fingerprint density at radius 1 is 1.30 bits per heavy atom. The lowest BCUT2D eigenvalue weighted by atomic mass is 10.3. The lowest BCUT2D eigenvalue weighted by Gasteiger charge is -2.11. The number of amides is 1. The number of benzene rings is 1. The molecule has 0 aliphatic rings. The Hall–Kier alpha value is -0.620. The molecule has 20 heavy (non-hydrogen) atoms. The molecule has 1 aromatic carbocycles. The minimum absolute atomic E-state index is 0.000401. The molecule has 110 valence electrons. The second-order valence-electron chi connectivity index (χ2n) is 4.01. The molecule has 0 saturated heterocycles. The molecular weight excluding hydrogens is 345 g/mol. The van der Waals surface area contributed by atoms with Crippen molar-refractivity contribution >= 4 is 64.1 Å². The number of thioether (sulfide) groups is 1. The van der Waals surface area contributed by atoms with Crippen molar-refractivity contribution < 1.29 is 14.7 Å². The van der Waals surface area contributed by atoms with Gasteiger partial charge >= 0.3 is 5.97 Å². The average Bonchev–Trinajstić information content (AvgIpc) is 2.30. The third kappa shape index (κ3) is 5.79. The monoisotopic (exact) mass is 355 g/mol. The zero-order valence-electron chi connectivity index (χ0n) is 10.5. The number of carbonyl (C=O) groups excluding carboxylic acids is 1. The summed E-state index contributed by atoms with van der Waals surface area (Å²) in [6.07, 6.45) is 0.000401. The van der Waals surface area contributed by atoms with Gasteiger partial charge < -0.3 is 10.4 Å². The smallest absolute Gasteiger partial charge is 0.304 e. The molecule has 0 aliphatic heterocycles. The summed E-state index contributed by atoms with van der Waals surface area (Å²) in [5.41, 5.74) is 0.300. The fourth-order valence-electron chi connectivity index (χ4n) is 1.36. The maximum Gasteiger partial charge on any atom is 0.304 e. The summed E-state index contributed by atoms with van der Waals surface area (Å²) in [5, 5.41) is 11.9. The number of anilines is 1. The Labute approximate surface area is 135 Å². The number of nitrogens with one attached hydrogen (secondary N) is 1. The van der Waals surface area contributed by atoms with Gasteiger partial charge in [-0.1, -0.05) is 41.7 Å². The Morgan fingerprint density at radius 3 is 2.35 bits per heavy atom. The second-order valence-corrected chi connectivity index (χ2v) is 6.69. The van der Waals surface area contributed by atoms with Gasteiger partial charge in [0.05, 0.1) is 27.9 Å². The molecule has 0 fully saturated rings. The zero-order chi connectivity index (χ0) is 15.3. The van der Waals surface area contributed by atoms with Crippen molar-refractivity contribution in [2.24, 2.45) is 0 Å². The first-order chi connectivity index (χ1) is 9.29. The average molecular weight is 357 g/mol. The Balaban J connectivity index is 2.57. The highest BCUT2D eigenvalue weighted by molar-refractivity contribution is 8.00.